The Labute approximate surface area is 217 Å². The third-order valence-electron chi connectivity index (χ3n) is 7.46. The molecule has 2 aromatic carbocycles. The minimum Gasteiger partial charge on any atom is -0.395 e. The van der Waals surface area contributed by atoms with Crippen molar-refractivity contribution in [3.05, 3.63) is 72.1 Å². The average Bonchev–Trinajstić information content (AvgIpc) is 3.36. The lowest BCUT2D eigenvalue weighted by atomic mass is 9.94. The van der Waals surface area contributed by atoms with Gasteiger partial charge in [-0.05, 0) is 67.7 Å². The number of aromatic nitrogens is 2. The van der Waals surface area contributed by atoms with E-state index in [9.17, 15) is 10.4 Å². The Hall–Kier alpha value is -3.99. The molecule has 4 aromatic rings. The van der Waals surface area contributed by atoms with E-state index in [4.69, 9.17) is 10.4 Å². The Morgan fingerprint density at radius 2 is 1.89 bits per heavy atom. The van der Waals surface area contributed by atoms with Gasteiger partial charge in [0.05, 0.1) is 35.6 Å². The zero-order valence-corrected chi connectivity index (χ0v) is 21.1. The number of benzene rings is 2. The van der Waals surface area contributed by atoms with Gasteiger partial charge in [0.2, 0.25) is 0 Å². The van der Waals surface area contributed by atoms with E-state index < -0.39 is 0 Å². The van der Waals surface area contributed by atoms with Crippen LogP contribution in [0.4, 0.5) is 5.69 Å². The van der Waals surface area contributed by atoms with Crippen LogP contribution in [0.5, 0.6) is 0 Å². The Kier molecular flexibility index (Phi) is 7.31. The first-order valence-electron chi connectivity index (χ1n) is 12.8. The molecule has 0 atom stereocenters. The second-order valence-corrected chi connectivity index (χ2v) is 9.64. The molecule has 0 saturated carbocycles. The summed E-state index contributed by atoms with van der Waals surface area (Å²) in [5, 5.41) is 30.7. The van der Waals surface area contributed by atoms with Gasteiger partial charge in [-0.2, -0.15) is 5.26 Å². The van der Waals surface area contributed by atoms with Gasteiger partial charge in [-0.1, -0.05) is 18.2 Å². The molecule has 2 aromatic heterocycles. The highest BCUT2D eigenvalue weighted by Gasteiger charge is 2.21. The molecule has 37 heavy (non-hydrogen) atoms. The monoisotopic (exact) mass is 492 g/mol. The van der Waals surface area contributed by atoms with Gasteiger partial charge >= 0.3 is 0 Å². The minimum atomic E-state index is 0.220. The number of hydrogen-bond donors (Lipinski definition) is 3. The Morgan fingerprint density at radius 1 is 1.14 bits per heavy atom. The van der Waals surface area contributed by atoms with E-state index in [1.807, 2.05) is 55.7 Å². The lowest BCUT2D eigenvalue weighted by Crippen LogP contribution is -2.36. The van der Waals surface area contributed by atoms with E-state index in [2.05, 4.69) is 33.1 Å². The van der Waals surface area contributed by atoms with Crippen molar-refractivity contribution in [1.29, 1.82) is 10.7 Å². The number of nitrogens with one attached hydrogen (secondary N) is 2. The molecule has 188 valence electrons. The minimum absolute atomic E-state index is 0.220. The zero-order chi connectivity index (χ0) is 25.8. The molecule has 0 amide bonds. The van der Waals surface area contributed by atoms with Crippen LogP contribution in [0.2, 0.25) is 0 Å². The van der Waals surface area contributed by atoms with E-state index in [0.29, 0.717) is 11.5 Å². The van der Waals surface area contributed by atoms with Crippen molar-refractivity contribution in [2.24, 2.45) is 5.92 Å². The number of pyridine rings is 1. The summed E-state index contributed by atoms with van der Waals surface area (Å²) in [5.41, 5.74) is 7.28. The second kappa shape index (κ2) is 11.0. The van der Waals surface area contributed by atoms with Crippen LogP contribution >= 0.6 is 0 Å². The number of fused-ring (bicyclic) bond motifs is 1. The second-order valence-electron chi connectivity index (χ2n) is 9.64. The number of hydrogen-bond acceptors (Lipinski definition) is 6. The van der Waals surface area contributed by atoms with Crippen LogP contribution in [0.1, 0.15) is 24.0 Å². The number of β-amino-alcohol motifs (C(OH)–C–C–N with tert-alkyl or cyclic N) is 1. The SMILES string of the molecule is CNc1ccc(-c2ncc3c(ccn3CC3CCN(CCO)CC3)c2-c2ccc(C#N)cc2)cc1C=N. The van der Waals surface area contributed by atoms with E-state index in [1.165, 1.54) is 6.21 Å². The van der Waals surface area contributed by atoms with Crippen LogP contribution in [0.3, 0.4) is 0 Å². The third-order valence-corrected chi connectivity index (χ3v) is 7.46. The molecule has 3 N–H and O–H groups in total. The summed E-state index contributed by atoms with van der Waals surface area (Å²) in [7, 11) is 1.85. The van der Waals surface area contributed by atoms with Crippen LogP contribution in [-0.4, -0.2) is 59.1 Å². The molecule has 0 spiro atoms. The molecule has 1 fully saturated rings. The summed E-state index contributed by atoms with van der Waals surface area (Å²) < 4.78 is 2.32. The van der Waals surface area contributed by atoms with Gasteiger partial charge in [-0.15, -0.1) is 0 Å². The van der Waals surface area contributed by atoms with Gasteiger partial charge < -0.3 is 25.3 Å². The number of nitriles is 1. The lowest BCUT2D eigenvalue weighted by molar-refractivity contribution is 0.142. The number of rotatable bonds is 8. The smallest absolute Gasteiger partial charge is 0.0991 e. The van der Waals surface area contributed by atoms with Crippen molar-refractivity contribution in [2.75, 3.05) is 38.6 Å². The van der Waals surface area contributed by atoms with Crippen LogP contribution in [0, 0.1) is 22.7 Å². The van der Waals surface area contributed by atoms with Crippen LogP contribution < -0.4 is 5.32 Å². The van der Waals surface area contributed by atoms with Gasteiger partial charge in [-0.3, -0.25) is 4.98 Å². The maximum absolute atomic E-state index is 9.31. The molecule has 1 saturated heterocycles. The lowest BCUT2D eigenvalue weighted by Gasteiger charge is -2.31. The molecule has 5 rings (SSSR count). The van der Waals surface area contributed by atoms with Crippen molar-refractivity contribution in [1.82, 2.24) is 14.5 Å². The first-order valence-corrected chi connectivity index (χ1v) is 12.8. The topological polar surface area (TPSA) is 101 Å². The highest BCUT2D eigenvalue weighted by molar-refractivity contribution is 6.02. The van der Waals surface area contributed by atoms with Crippen molar-refractivity contribution in [3.63, 3.8) is 0 Å². The van der Waals surface area contributed by atoms with E-state index in [1.54, 1.807) is 0 Å². The van der Waals surface area contributed by atoms with Crippen molar-refractivity contribution in [2.45, 2.75) is 19.4 Å². The largest absolute Gasteiger partial charge is 0.395 e. The molecule has 1 aliphatic rings. The summed E-state index contributed by atoms with van der Waals surface area (Å²) in [6, 6.07) is 18.1. The van der Waals surface area contributed by atoms with Crippen LogP contribution in [0.15, 0.2) is 60.9 Å². The standard InChI is InChI=1S/C30H32N6O/c1-33-27-7-6-24(16-25(27)18-32)30-29(23-4-2-21(17-31)3-5-23)26-10-13-36(28(26)19-34-30)20-22-8-11-35(12-9-22)14-15-37/h2-7,10,13,16,18-19,22,32-33,37H,8-9,11-12,14-15,20H2,1H3. The van der Waals surface area contributed by atoms with E-state index in [-0.39, 0.29) is 6.61 Å². The van der Waals surface area contributed by atoms with E-state index in [0.717, 1.165) is 83.6 Å². The number of nitrogens with zero attached hydrogens (tertiary/aromatic N) is 4. The van der Waals surface area contributed by atoms with Gasteiger partial charge in [0, 0.05) is 60.3 Å². The summed E-state index contributed by atoms with van der Waals surface area (Å²) >= 11 is 0. The Morgan fingerprint density at radius 3 is 2.57 bits per heavy atom. The normalized spacial score (nSPS) is 14.5. The summed E-state index contributed by atoms with van der Waals surface area (Å²) in [6.45, 7) is 3.98. The van der Waals surface area contributed by atoms with Gasteiger partial charge in [-0.25, -0.2) is 0 Å². The summed E-state index contributed by atoms with van der Waals surface area (Å²) in [5.74, 6) is 0.591. The van der Waals surface area contributed by atoms with Gasteiger partial charge in [0.25, 0.3) is 0 Å². The Balaban J connectivity index is 1.57. The van der Waals surface area contributed by atoms with Crippen molar-refractivity contribution < 1.29 is 5.11 Å². The molecular formula is C30H32N6O. The van der Waals surface area contributed by atoms with Crippen molar-refractivity contribution >= 4 is 22.8 Å². The summed E-state index contributed by atoms with van der Waals surface area (Å²) in [6.07, 6.45) is 7.73. The molecule has 3 heterocycles. The number of piperidine rings is 1. The molecular weight excluding hydrogens is 460 g/mol. The molecule has 1 aliphatic heterocycles. The fourth-order valence-electron chi connectivity index (χ4n) is 5.41. The van der Waals surface area contributed by atoms with E-state index >= 15 is 0 Å². The van der Waals surface area contributed by atoms with Gasteiger partial charge in [0.15, 0.2) is 0 Å². The predicted molar refractivity (Wildman–Crippen MR) is 149 cm³/mol. The first-order chi connectivity index (χ1) is 18.1. The van der Waals surface area contributed by atoms with Crippen LogP contribution in [-0.2, 0) is 6.54 Å². The number of anilines is 1. The molecule has 0 radical (unpaired) electrons. The summed E-state index contributed by atoms with van der Waals surface area (Å²) in [4.78, 5) is 7.31. The number of likely N-dealkylation sites (tertiary alicyclic amines) is 1. The predicted octanol–water partition coefficient (Wildman–Crippen LogP) is 4.99. The molecule has 7 nitrogen and oxygen atoms in total. The molecule has 7 heteroatoms. The number of aliphatic hydroxyl groups is 1. The first kappa shape index (κ1) is 24.7. The molecule has 0 unspecified atom stereocenters. The van der Waals surface area contributed by atoms with Gasteiger partial charge in [0.1, 0.15) is 0 Å². The Bertz CT molecular complexity index is 1440. The zero-order valence-electron chi connectivity index (χ0n) is 21.1. The maximum Gasteiger partial charge on any atom is 0.0991 e. The van der Waals surface area contributed by atoms with Crippen LogP contribution in [0.25, 0.3) is 33.3 Å². The third kappa shape index (κ3) is 4.99. The molecule has 0 aliphatic carbocycles. The average molecular weight is 493 g/mol. The highest BCUT2D eigenvalue weighted by Crippen LogP contribution is 2.38. The van der Waals surface area contributed by atoms with Crippen molar-refractivity contribution in [3.8, 4) is 28.5 Å². The fourth-order valence-corrected chi connectivity index (χ4v) is 5.41. The quantitative estimate of drug-likeness (QED) is 0.301. The molecule has 0 bridgehead atoms. The highest BCUT2D eigenvalue weighted by atomic mass is 16.3. The maximum atomic E-state index is 9.31. The number of aliphatic hydroxyl groups excluding tert-OH is 1. The fraction of sp³-hybridized carbons (Fsp3) is 0.300.